The first kappa shape index (κ1) is 15.6. The number of hydrogen-bond donors (Lipinski definition) is 1. The van der Waals surface area contributed by atoms with E-state index in [1.807, 2.05) is 0 Å². The fourth-order valence-electron chi connectivity index (χ4n) is 1.85. The molecule has 1 heterocycles. The molecule has 0 saturated heterocycles. The van der Waals surface area contributed by atoms with Crippen molar-refractivity contribution < 1.29 is 13.2 Å². The number of nitrogens with one attached hydrogen (secondary N) is 1. The van der Waals surface area contributed by atoms with E-state index in [2.05, 4.69) is 9.97 Å². The molecule has 2 aromatic rings. The lowest BCUT2D eigenvalue weighted by Crippen LogP contribution is -2.13. The maximum absolute atomic E-state index is 12.1. The molecule has 0 bridgehead atoms. The smallest absolute Gasteiger partial charge is 0.311 e. The predicted molar refractivity (Wildman–Crippen MR) is 74.3 cm³/mol. The van der Waals surface area contributed by atoms with Gasteiger partial charge in [0.1, 0.15) is 5.82 Å². The highest BCUT2D eigenvalue weighted by molar-refractivity contribution is 6.30. The van der Waals surface area contributed by atoms with E-state index in [4.69, 9.17) is 11.6 Å². The number of alkyl halides is 3. The van der Waals surface area contributed by atoms with Gasteiger partial charge in [-0.25, -0.2) is 4.98 Å². The first-order chi connectivity index (χ1) is 9.83. The Morgan fingerprint density at radius 2 is 1.86 bits per heavy atom. The van der Waals surface area contributed by atoms with Crippen LogP contribution in [0, 0.1) is 0 Å². The molecule has 7 heteroatoms. The molecule has 1 aromatic heterocycles. The molecule has 1 N–H and O–H groups in total. The second-order valence-corrected chi connectivity index (χ2v) is 4.99. The molecule has 0 unspecified atom stereocenters. The van der Waals surface area contributed by atoms with E-state index in [0.29, 0.717) is 16.3 Å². The second-order valence-electron chi connectivity index (χ2n) is 4.55. The van der Waals surface area contributed by atoms with E-state index >= 15 is 0 Å². The number of aryl methyl sites for hydroxylation is 1. The van der Waals surface area contributed by atoms with Crippen LogP contribution in [0.5, 0.6) is 0 Å². The summed E-state index contributed by atoms with van der Waals surface area (Å²) >= 11 is 5.78. The van der Waals surface area contributed by atoms with Gasteiger partial charge in [-0.1, -0.05) is 23.7 Å². The Morgan fingerprint density at radius 1 is 1.19 bits per heavy atom. The van der Waals surface area contributed by atoms with Crippen molar-refractivity contribution in [2.75, 3.05) is 0 Å². The van der Waals surface area contributed by atoms with Gasteiger partial charge in [0.25, 0.3) is 5.56 Å². The molecule has 0 fully saturated rings. The van der Waals surface area contributed by atoms with Gasteiger partial charge >= 0.3 is 6.18 Å². The average Bonchev–Trinajstić information content (AvgIpc) is 2.37. The zero-order valence-electron chi connectivity index (χ0n) is 10.9. The van der Waals surface area contributed by atoms with Crippen LogP contribution in [0.2, 0.25) is 5.02 Å². The number of aromatic amines is 1. The third-order valence-corrected chi connectivity index (χ3v) is 3.06. The Bertz CT molecular complexity index is 665. The summed E-state index contributed by atoms with van der Waals surface area (Å²) in [4.78, 5) is 18.2. The van der Waals surface area contributed by atoms with Crippen molar-refractivity contribution >= 4 is 11.6 Å². The number of aromatic nitrogens is 2. The molecular weight excluding hydrogens is 305 g/mol. The number of hydrogen-bond acceptors (Lipinski definition) is 2. The number of nitrogens with zero attached hydrogens (tertiary/aromatic N) is 1. The summed E-state index contributed by atoms with van der Waals surface area (Å²) in [6.07, 6.45) is -5.15. The molecule has 21 heavy (non-hydrogen) atoms. The van der Waals surface area contributed by atoms with Gasteiger partial charge in [0.15, 0.2) is 0 Å². The van der Waals surface area contributed by atoms with Crippen molar-refractivity contribution in [2.24, 2.45) is 0 Å². The molecule has 0 atom stereocenters. The molecule has 0 aliphatic rings. The van der Waals surface area contributed by atoms with Crippen molar-refractivity contribution in [3.63, 3.8) is 0 Å². The Labute approximate surface area is 123 Å². The largest absolute Gasteiger partial charge is 0.389 e. The third-order valence-electron chi connectivity index (χ3n) is 2.80. The van der Waals surface area contributed by atoms with Crippen LogP contribution in [-0.4, -0.2) is 16.1 Å². The van der Waals surface area contributed by atoms with Crippen molar-refractivity contribution in [1.82, 2.24) is 9.97 Å². The number of H-pyrrole nitrogens is 1. The lowest BCUT2D eigenvalue weighted by Gasteiger charge is -2.07. The van der Waals surface area contributed by atoms with Crippen molar-refractivity contribution in [3.05, 3.63) is 51.5 Å². The van der Waals surface area contributed by atoms with Crippen molar-refractivity contribution in [1.29, 1.82) is 0 Å². The van der Waals surface area contributed by atoms with E-state index in [0.717, 1.165) is 0 Å². The highest BCUT2D eigenvalue weighted by Gasteiger charge is 2.26. The van der Waals surface area contributed by atoms with E-state index in [9.17, 15) is 18.0 Å². The maximum Gasteiger partial charge on any atom is 0.389 e. The third kappa shape index (κ3) is 4.90. The Hall–Kier alpha value is -1.82. The molecule has 3 nitrogen and oxygen atoms in total. The molecule has 112 valence electrons. The lowest BCUT2D eigenvalue weighted by molar-refractivity contribution is -0.135. The summed E-state index contributed by atoms with van der Waals surface area (Å²) in [7, 11) is 0. The Balaban J connectivity index is 2.17. The molecule has 0 aliphatic carbocycles. The van der Waals surface area contributed by atoms with Crippen molar-refractivity contribution in [2.45, 2.75) is 25.4 Å². The fraction of sp³-hybridized carbons (Fsp3) is 0.286. The van der Waals surface area contributed by atoms with E-state index in [-0.39, 0.29) is 18.7 Å². The second kappa shape index (κ2) is 6.30. The SMILES string of the molecule is O=c1cc(-c2ccc(Cl)cc2)nc(CCCC(F)(F)F)[nH]1. The van der Waals surface area contributed by atoms with Crippen LogP contribution < -0.4 is 5.56 Å². The monoisotopic (exact) mass is 316 g/mol. The van der Waals surface area contributed by atoms with Gasteiger partial charge in [-0.15, -0.1) is 0 Å². The summed E-state index contributed by atoms with van der Waals surface area (Å²) in [5, 5.41) is 0.550. The van der Waals surface area contributed by atoms with Crippen LogP contribution in [0.3, 0.4) is 0 Å². The van der Waals surface area contributed by atoms with Gasteiger partial charge in [-0.05, 0) is 18.6 Å². The molecule has 0 aliphatic heterocycles. The van der Waals surface area contributed by atoms with E-state index in [1.165, 1.54) is 6.07 Å². The summed E-state index contributed by atoms with van der Waals surface area (Å²) < 4.78 is 36.3. The van der Waals surface area contributed by atoms with Gasteiger partial charge in [-0.2, -0.15) is 13.2 Å². The molecule has 0 amide bonds. The first-order valence-electron chi connectivity index (χ1n) is 6.26. The molecule has 0 radical (unpaired) electrons. The van der Waals surface area contributed by atoms with E-state index < -0.39 is 18.2 Å². The Morgan fingerprint density at radius 3 is 2.48 bits per heavy atom. The quantitative estimate of drug-likeness (QED) is 0.927. The highest BCUT2D eigenvalue weighted by atomic mass is 35.5. The molecular formula is C14H12ClF3N2O. The standard InChI is InChI=1S/C14H12ClF3N2O/c15-10-5-3-9(4-6-10)11-8-13(21)20-12(19-11)2-1-7-14(16,17)18/h3-6,8H,1-2,7H2,(H,19,20,21). The maximum atomic E-state index is 12.1. The molecule has 1 aromatic carbocycles. The van der Waals surface area contributed by atoms with Gasteiger partial charge < -0.3 is 4.98 Å². The lowest BCUT2D eigenvalue weighted by atomic mass is 10.1. The minimum Gasteiger partial charge on any atom is -0.311 e. The number of benzene rings is 1. The first-order valence-corrected chi connectivity index (χ1v) is 6.64. The van der Waals surface area contributed by atoms with Crippen LogP contribution in [0.25, 0.3) is 11.3 Å². The average molecular weight is 317 g/mol. The molecule has 2 rings (SSSR count). The van der Waals surface area contributed by atoms with Gasteiger partial charge in [0.2, 0.25) is 0 Å². The van der Waals surface area contributed by atoms with Crippen molar-refractivity contribution in [3.8, 4) is 11.3 Å². The molecule has 0 spiro atoms. The van der Waals surface area contributed by atoms with E-state index in [1.54, 1.807) is 24.3 Å². The zero-order chi connectivity index (χ0) is 15.5. The topological polar surface area (TPSA) is 45.8 Å². The van der Waals surface area contributed by atoms with Crippen LogP contribution >= 0.6 is 11.6 Å². The number of halogens is 4. The number of rotatable bonds is 4. The van der Waals surface area contributed by atoms with Gasteiger partial charge in [-0.3, -0.25) is 4.79 Å². The summed E-state index contributed by atoms with van der Waals surface area (Å²) in [6, 6.07) is 8.01. The molecule has 0 saturated carbocycles. The normalized spacial score (nSPS) is 11.6. The van der Waals surface area contributed by atoms with Crippen LogP contribution in [0.4, 0.5) is 13.2 Å². The highest BCUT2D eigenvalue weighted by Crippen LogP contribution is 2.22. The van der Waals surface area contributed by atoms with Gasteiger partial charge in [0, 0.05) is 29.5 Å². The van der Waals surface area contributed by atoms with Crippen LogP contribution in [0.1, 0.15) is 18.7 Å². The summed E-state index contributed by atoms with van der Waals surface area (Å²) in [5.41, 5.74) is 0.706. The summed E-state index contributed by atoms with van der Waals surface area (Å²) in [6.45, 7) is 0. The minimum absolute atomic E-state index is 0.0657. The minimum atomic E-state index is -4.20. The Kier molecular flexibility index (Phi) is 4.67. The fourth-order valence-corrected chi connectivity index (χ4v) is 1.98. The predicted octanol–water partition coefficient (Wildman–Crippen LogP) is 3.98. The zero-order valence-corrected chi connectivity index (χ0v) is 11.6. The summed E-state index contributed by atoms with van der Waals surface area (Å²) in [5.74, 6) is 0.247. The van der Waals surface area contributed by atoms with Gasteiger partial charge in [0.05, 0.1) is 5.69 Å². The van der Waals surface area contributed by atoms with Crippen LogP contribution in [-0.2, 0) is 6.42 Å². The van der Waals surface area contributed by atoms with Crippen LogP contribution in [0.15, 0.2) is 35.1 Å².